The first-order valence-corrected chi connectivity index (χ1v) is 8.76. The van der Waals surface area contributed by atoms with Crippen molar-refractivity contribution < 1.29 is 14.3 Å². The van der Waals surface area contributed by atoms with E-state index in [9.17, 15) is 9.59 Å². The van der Waals surface area contributed by atoms with Gasteiger partial charge in [0.05, 0.1) is 11.6 Å². The predicted molar refractivity (Wildman–Crippen MR) is 107 cm³/mol. The highest BCUT2D eigenvalue weighted by Gasteiger charge is 2.10. The molecule has 0 spiro atoms. The zero-order valence-corrected chi connectivity index (χ0v) is 15.4. The van der Waals surface area contributed by atoms with Crippen molar-refractivity contribution in [1.82, 2.24) is 0 Å². The van der Waals surface area contributed by atoms with Crippen LogP contribution >= 0.6 is 11.6 Å². The Hall–Kier alpha value is -3.62. The van der Waals surface area contributed by atoms with Crippen LogP contribution in [0, 0.1) is 11.3 Å². The van der Waals surface area contributed by atoms with E-state index in [2.05, 4.69) is 5.32 Å². The molecule has 0 saturated heterocycles. The van der Waals surface area contributed by atoms with Crippen LogP contribution in [0.25, 0.3) is 0 Å². The summed E-state index contributed by atoms with van der Waals surface area (Å²) >= 11 is 5.83. The molecule has 5 nitrogen and oxygen atoms in total. The number of nitrogens with one attached hydrogen (secondary N) is 1. The van der Waals surface area contributed by atoms with Crippen molar-refractivity contribution in [1.29, 1.82) is 5.26 Å². The van der Waals surface area contributed by atoms with E-state index in [1.165, 1.54) is 0 Å². The summed E-state index contributed by atoms with van der Waals surface area (Å²) in [4.78, 5) is 24.4. The van der Waals surface area contributed by atoms with E-state index in [0.717, 1.165) is 0 Å². The van der Waals surface area contributed by atoms with Gasteiger partial charge in [0.1, 0.15) is 5.75 Å². The number of carbonyl (C=O) groups is 2. The van der Waals surface area contributed by atoms with Crippen molar-refractivity contribution >= 4 is 29.0 Å². The van der Waals surface area contributed by atoms with Crippen molar-refractivity contribution in [2.75, 3.05) is 11.9 Å². The molecule has 6 heteroatoms. The fourth-order valence-corrected chi connectivity index (χ4v) is 2.61. The average molecular weight is 391 g/mol. The second-order valence-corrected chi connectivity index (χ2v) is 6.33. The second-order valence-electron chi connectivity index (χ2n) is 5.89. The molecule has 1 N–H and O–H groups in total. The summed E-state index contributed by atoms with van der Waals surface area (Å²) in [5.74, 6) is -0.0108. The van der Waals surface area contributed by atoms with Gasteiger partial charge >= 0.3 is 0 Å². The Morgan fingerprint density at radius 3 is 2.25 bits per heavy atom. The summed E-state index contributed by atoms with van der Waals surface area (Å²) in [6.07, 6.45) is 0. The maximum Gasteiger partial charge on any atom is 0.262 e. The minimum Gasteiger partial charge on any atom is -0.484 e. The van der Waals surface area contributed by atoms with Gasteiger partial charge in [0.2, 0.25) is 0 Å². The fraction of sp³-hybridized carbons (Fsp3) is 0.0455. The van der Waals surface area contributed by atoms with Crippen LogP contribution in [-0.2, 0) is 4.79 Å². The zero-order chi connectivity index (χ0) is 19.9. The van der Waals surface area contributed by atoms with Crippen LogP contribution < -0.4 is 10.1 Å². The number of hydrogen-bond acceptors (Lipinski definition) is 4. The van der Waals surface area contributed by atoms with Crippen molar-refractivity contribution in [3.8, 4) is 11.8 Å². The number of hydrogen-bond donors (Lipinski definition) is 1. The summed E-state index contributed by atoms with van der Waals surface area (Å²) in [5, 5.41) is 12.1. The molecule has 0 fully saturated rings. The van der Waals surface area contributed by atoms with Crippen LogP contribution in [0.1, 0.15) is 21.5 Å². The molecule has 0 unspecified atom stereocenters. The van der Waals surface area contributed by atoms with E-state index in [-0.39, 0.29) is 18.3 Å². The van der Waals surface area contributed by atoms with Gasteiger partial charge < -0.3 is 10.1 Å². The van der Waals surface area contributed by atoms with Gasteiger partial charge in [0, 0.05) is 21.8 Å². The predicted octanol–water partition coefficient (Wildman–Crippen LogP) is 4.46. The average Bonchev–Trinajstić information content (AvgIpc) is 2.73. The Balaban J connectivity index is 1.56. The van der Waals surface area contributed by atoms with Crippen LogP contribution in [0.2, 0.25) is 5.02 Å². The molecular formula is C22H15ClN2O3. The largest absolute Gasteiger partial charge is 0.484 e. The molecule has 0 heterocycles. The van der Waals surface area contributed by atoms with Crippen molar-refractivity contribution in [3.63, 3.8) is 0 Å². The second kappa shape index (κ2) is 8.85. The number of rotatable bonds is 6. The summed E-state index contributed by atoms with van der Waals surface area (Å²) < 4.78 is 5.45. The number of nitrogens with zero attached hydrogens (tertiary/aromatic N) is 1. The summed E-state index contributed by atoms with van der Waals surface area (Å²) in [5.41, 5.74) is 2.03. The van der Waals surface area contributed by atoms with Crippen molar-refractivity contribution in [3.05, 3.63) is 94.5 Å². The normalized spacial score (nSPS) is 10.0. The molecule has 0 atom stereocenters. The Kier molecular flexibility index (Phi) is 6.05. The number of carbonyl (C=O) groups excluding carboxylic acids is 2. The number of halogens is 1. The quantitative estimate of drug-likeness (QED) is 0.630. The molecule has 0 saturated carbocycles. The topological polar surface area (TPSA) is 79.2 Å². The minimum atomic E-state index is -0.351. The number of anilines is 1. The molecule has 3 rings (SSSR count). The Labute approximate surface area is 167 Å². The van der Waals surface area contributed by atoms with Crippen LogP contribution in [0.5, 0.6) is 5.75 Å². The highest BCUT2D eigenvalue weighted by molar-refractivity contribution is 6.30. The highest BCUT2D eigenvalue weighted by atomic mass is 35.5. The van der Waals surface area contributed by atoms with Crippen LogP contribution in [0.4, 0.5) is 5.69 Å². The maximum atomic E-state index is 12.4. The fourth-order valence-electron chi connectivity index (χ4n) is 2.48. The molecule has 0 aliphatic heterocycles. The van der Waals surface area contributed by atoms with Gasteiger partial charge in [-0.05, 0) is 66.7 Å². The molecular weight excluding hydrogens is 376 g/mol. The Bertz CT molecular complexity index is 1040. The molecule has 3 aromatic rings. The van der Waals surface area contributed by atoms with Gasteiger partial charge in [-0.2, -0.15) is 5.26 Å². The molecule has 28 heavy (non-hydrogen) atoms. The third-order valence-corrected chi connectivity index (χ3v) is 4.12. The number of amides is 1. The van der Waals surface area contributed by atoms with E-state index in [1.807, 2.05) is 6.07 Å². The van der Waals surface area contributed by atoms with E-state index >= 15 is 0 Å². The number of nitriles is 1. The molecule has 0 aliphatic rings. The molecule has 0 radical (unpaired) electrons. The van der Waals surface area contributed by atoms with Gasteiger partial charge in [0.15, 0.2) is 12.4 Å². The molecule has 3 aromatic carbocycles. The lowest BCUT2D eigenvalue weighted by atomic mass is 10.0. The van der Waals surface area contributed by atoms with E-state index < -0.39 is 0 Å². The van der Waals surface area contributed by atoms with Crippen molar-refractivity contribution in [2.24, 2.45) is 0 Å². The van der Waals surface area contributed by atoms with Crippen LogP contribution in [0.3, 0.4) is 0 Å². The standard InChI is InChI=1S/C22H15ClN2O3/c23-18-8-4-16(5-9-18)22(27)17-6-10-20(11-7-17)28-14-21(26)25-19-3-1-2-15(12-19)13-24/h1-12H,14H2,(H,25,26). The first-order valence-electron chi connectivity index (χ1n) is 8.38. The first kappa shape index (κ1) is 19.2. The smallest absolute Gasteiger partial charge is 0.262 e. The van der Waals surface area contributed by atoms with E-state index in [4.69, 9.17) is 21.6 Å². The summed E-state index contributed by atoms with van der Waals surface area (Å²) in [7, 11) is 0. The van der Waals surface area contributed by atoms with Gasteiger partial charge in [-0.25, -0.2) is 0 Å². The number of ether oxygens (including phenoxy) is 1. The molecule has 0 aliphatic carbocycles. The van der Waals surface area contributed by atoms with Gasteiger partial charge in [0.25, 0.3) is 5.91 Å². The molecule has 1 amide bonds. The van der Waals surface area contributed by atoms with Crippen molar-refractivity contribution in [2.45, 2.75) is 0 Å². The third kappa shape index (κ3) is 4.97. The highest BCUT2D eigenvalue weighted by Crippen LogP contribution is 2.17. The molecule has 0 bridgehead atoms. The first-order chi connectivity index (χ1) is 13.5. The van der Waals surface area contributed by atoms with Gasteiger partial charge in [-0.3, -0.25) is 9.59 Å². The summed E-state index contributed by atoms with van der Waals surface area (Å²) in [6.45, 7) is -0.193. The molecule has 0 aromatic heterocycles. The lowest BCUT2D eigenvalue weighted by Crippen LogP contribution is -2.20. The number of ketones is 1. The van der Waals surface area contributed by atoms with E-state index in [1.54, 1.807) is 72.8 Å². The zero-order valence-electron chi connectivity index (χ0n) is 14.7. The third-order valence-electron chi connectivity index (χ3n) is 3.87. The monoisotopic (exact) mass is 390 g/mol. The van der Waals surface area contributed by atoms with Gasteiger partial charge in [-0.15, -0.1) is 0 Å². The maximum absolute atomic E-state index is 12.4. The van der Waals surface area contributed by atoms with Gasteiger partial charge in [-0.1, -0.05) is 17.7 Å². The number of benzene rings is 3. The van der Waals surface area contributed by atoms with Crippen LogP contribution in [0.15, 0.2) is 72.8 Å². The minimum absolute atomic E-state index is 0.127. The lowest BCUT2D eigenvalue weighted by molar-refractivity contribution is -0.118. The molecule has 138 valence electrons. The SMILES string of the molecule is N#Cc1cccc(NC(=O)COc2ccc(C(=O)c3ccc(Cl)cc3)cc2)c1. The summed E-state index contributed by atoms with van der Waals surface area (Å²) in [6, 6.07) is 21.8. The lowest BCUT2D eigenvalue weighted by Gasteiger charge is -2.08. The Morgan fingerprint density at radius 2 is 1.61 bits per heavy atom. The van der Waals surface area contributed by atoms with Crippen LogP contribution in [-0.4, -0.2) is 18.3 Å². The Morgan fingerprint density at radius 1 is 0.964 bits per heavy atom. The van der Waals surface area contributed by atoms with E-state index in [0.29, 0.717) is 33.1 Å².